The largest absolute Gasteiger partial charge is 0.375 e. The van der Waals surface area contributed by atoms with Gasteiger partial charge in [-0.3, -0.25) is 5.43 Å². The molecule has 0 radical (unpaired) electrons. The van der Waals surface area contributed by atoms with Crippen LogP contribution in [-0.4, -0.2) is 10.8 Å². The maximum atomic E-state index is 5.36. The number of aryl methyl sites for hydroxylation is 3. The zero-order chi connectivity index (χ0) is 11.7. The highest BCUT2D eigenvalue weighted by molar-refractivity contribution is 7.80. The summed E-state index contributed by atoms with van der Waals surface area (Å²) in [6.07, 6.45) is 2.00. The summed E-state index contributed by atoms with van der Waals surface area (Å²) in [4.78, 5) is 0. The first-order valence-electron chi connectivity index (χ1n) is 5.30. The Morgan fingerprint density at radius 1 is 1.31 bits per heavy atom. The van der Waals surface area contributed by atoms with E-state index in [0.717, 1.165) is 18.6 Å². The van der Waals surface area contributed by atoms with Crippen LogP contribution in [0.2, 0.25) is 0 Å². The van der Waals surface area contributed by atoms with Gasteiger partial charge in [-0.15, -0.1) is 0 Å². The lowest BCUT2D eigenvalue weighted by Crippen LogP contribution is -2.25. The summed E-state index contributed by atoms with van der Waals surface area (Å²) in [5.41, 5.74) is 14.3. The van der Waals surface area contributed by atoms with E-state index in [9.17, 15) is 0 Å². The van der Waals surface area contributed by atoms with Crippen molar-refractivity contribution in [1.82, 2.24) is 5.43 Å². The van der Waals surface area contributed by atoms with Crippen molar-refractivity contribution in [3.8, 4) is 0 Å². The molecule has 0 atom stereocenters. The first-order chi connectivity index (χ1) is 7.58. The van der Waals surface area contributed by atoms with E-state index in [0.29, 0.717) is 0 Å². The second-order valence-electron chi connectivity index (χ2n) is 4.13. The number of hydrazone groups is 1. The van der Waals surface area contributed by atoms with Gasteiger partial charge in [-0.25, -0.2) is 0 Å². The lowest BCUT2D eigenvalue weighted by molar-refractivity contribution is 1.00. The fourth-order valence-corrected chi connectivity index (χ4v) is 2.02. The van der Waals surface area contributed by atoms with Crippen molar-refractivity contribution in [3.05, 3.63) is 34.4 Å². The van der Waals surface area contributed by atoms with Gasteiger partial charge in [-0.2, -0.15) is 5.10 Å². The number of rotatable bonds is 1. The Morgan fingerprint density at radius 3 is 2.69 bits per heavy atom. The molecule has 1 aliphatic carbocycles. The topological polar surface area (TPSA) is 50.4 Å². The van der Waals surface area contributed by atoms with Crippen molar-refractivity contribution in [2.75, 3.05) is 0 Å². The number of fused-ring (bicyclic) bond motifs is 1. The summed E-state index contributed by atoms with van der Waals surface area (Å²) >= 11 is 4.73. The standard InChI is InChI=1S/C12H15N3S/c1-7-5-9-3-4-11(14-15-12(13)16)10(9)6-8(7)2/h5-6H,3-4H2,1-2H3,(H3,13,15,16)/b14-11+. The monoisotopic (exact) mass is 233 g/mol. The molecule has 1 aromatic rings. The molecule has 0 aliphatic heterocycles. The summed E-state index contributed by atoms with van der Waals surface area (Å²) < 4.78 is 0. The van der Waals surface area contributed by atoms with Crippen molar-refractivity contribution < 1.29 is 0 Å². The Labute approximate surface area is 101 Å². The molecule has 0 aromatic heterocycles. The maximum Gasteiger partial charge on any atom is 0.184 e. The SMILES string of the molecule is Cc1cc2c(cc1C)/C(=N/NC(N)=S)CC2. The average molecular weight is 233 g/mol. The summed E-state index contributed by atoms with van der Waals surface area (Å²) in [5.74, 6) is 0. The highest BCUT2D eigenvalue weighted by Crippen LogP contribution is 2.25. The van der Waals surface area contributed by atoms with Gasteiger partial charge in [0.15, 0.2) is 5.11 Å². The van der Waals surface area contributed by atoms with Crippen molar-refractivity contribution in [2.45, 2.75) is 26.7 Å². The molecule has 84 valence electrons. The molecule has 2 rings (SSSR count). The Morgan fingerprint density at radius 2 is 2.00 bits per heavy atom. The van der Waals surface area contributed by atoms with Crippen LogP contribution in [0.1, 0.15) is 28.7 Å². The number of hydrogen-bond acceptors (Lipinski definition) is 2. The predicted molar refractivity (Wildman–Crippen MR) is 70.7 cm³/mol. The second-order valence-corrected chi connectivity index (χ2v) is 4.57. The van der Waals surface area contributed by atoms with E-state index in [-0.39, 0.29) is 5.11 Å². The molecule has 16 heavy (non-hydrogen) atoms. The van der Waals surface area contributed by atoms with Gasteiger partial charge < -0.3 is 5.73 Å². The third-order valence-electron chi connectivity index (χ3n) is 2.96. The van der Waals surface area contributed by atoms with E-state index >= 15 is 0 Å². The molecule has 0 amide bonds. The summed E-state index contributed by atoms with van der Waals surface area (Å²) in [7, 11) is 0. The van der Waals surface area contributed by atoms with E-state index in [1.54, 1.807) is 0 Å². The van der Waals surface area contributed by atoms with E-state index in [4.69, 9.17) is 18.0 Å². The highest BCUT2D eigenvalue weighted by Gasteiger charge is 2.18. The first kappa shape index (κ1) is 11.1. The number of benzene rings is 1. The minimum absolute atomic E-state index is 0.213. The third kappa shape index (κ3) is 2.07. The number of nitrogens with two attached hydrogens (primary N) is 1. The normalized spacial score (nSPS) is 16.2. The fraction of sp³-hybridized carbons (Fsp3) is 0.333. The van der Waals surface area contributed by atoms with Crippen LogP contribution in [0, 0.1) is 13.8 Å². The van der Waals surface area contributed by atoms with Crippen molar-refractivity contribution in [2.24, 2.45) is 10.8 Å². The van der Waals surface area contributed by atoms with E-state index in [2.05, 4.69) is 36.5 Å². The highest BCUT2D eigenvalue weighted by atomic mass is 32.1. The number of nitrogens with one attached hydrogen (secondary N) is 1. The molecule has 0 saturated carbocycles. The van der Waals surface area contributed by atoms with Crippen LogP contribution in [-0.2, 0) is 6.42 Å². The predicted octanol–water partition coefficient (Wildman–Crippen LogP) is 1.79. The molecule has 0 unspecified atom stereocenters. The lowest BCUT2D eigenvalue weighted by atomic mass is 10.0. The van der Waals surface area contributed by atoms with Crippen molar-refractivity contribution in [3.63, 3.8) is 0 Å². The van der Waals surface area contributed by atoms with Crippen LogP contribution in [0.5, 0.6) is 0 Å². The number of thiocarbonyl (C=S) groups is 1. The Bertz CT molecular complexity index is 477. The van der Waals surface area contributed by atoms with Gasteiger partial charge in [0.25, 0.3) is 0 Å². The molecule has 3 nitrogen and oxygen atoms in total. The van der Waals surface area contributed by atoms with Gasteiger partial charge in [0.05, 0.1) is 5.71 Å². The van der Waals surface area contributed by atoms with Gasteiger partial charge in [0.1, 0.15) is 0 Å². The van der Waals surface area contributed by atoms with Gasteiger partial charge in [0, 0.05) is 5.56 Å². The van der Waals surface area contributed by atoms with Crippen molar-refractivity contribution in [1.29, 1.82) is 0 Å². The smallest absolute Gasteiger partial charge is 0.184 e. The van der Waals surface area contributed by atoms with E-state index in [1.807, 2.05) is 0 Å². The number of hydrogen-bond donors (Lipinski definition) is 2. The van der Waals surface area contributed by atoms with Crippen molar-refractivity contribution >= 4 is 23.0 Å². The summed E-state index contributed by atoms with van der Waals surface area (Å²) in [6.45, 7) is 4.25. The first-order valence-corrected chi connectivity index (χ1v) is 5.71. The quantitative estimate of drug-likeness (QED) is 0.574. The van der Waals surface area contributed by atoms with Crippen LogP contribution >= 0.6 is 12.2 Å². The molecule has 1 aliphatic rings. The summed E-state index contributed by atoms with van der Waals surface area (Å²) in [6, 6.07) is 4.44. The van der Waals surface area contributed by atoms with E-state index < -0.39 is 0 Å². The molecule has 0 bridgehead atoms. The van der Waals surface area contributed by atoms with E-state index in [1.165, 1.54) is 22.3 Å². The van der Waals surface area contributed by atoms with Gasteiger partial charge in [-0.1, -0.05) is 6.07 Å². The van der Waals surface area contributed by atoms with Gasteiger partial charge in [-0.05, 0) is 61.7 Å². The molecule has 3 N–H and O–H groups in total. The van der Waals surface area contributed by atoms with Crippen LogP contribution in [0.4, 0.5) is 0 Å². The fourth-order valence-electron chi connectivity index (χ4n) is 1.98. The minimum atomic E-state index is 0.213. The van der Waals surface area contributed by atoms with Gasteiger partial charge in [0.2, 0.25) is 0 Å². The summed E-state index contributed by atoms with van der Waals surface area (Å²) in [5, 5.41) is 4.45. The Hall–Kier alpha value is -1.42. The molecule has 0 fully saturated rings. The molecule has 1 aromatic carbocycles. The maximum absolute atomic E-state index is 5.36. The average Bonchev–Trinajstić information content (AvgIpc) is 2.58. The molecular formula is C12H15N3S. The van der Waals surface area contributed by atoms with Crippen LogP contribution in [0.3, 0.4) is 0 Å². The second kappa shape index (κ2) is 4.22. The number of nitrogens with zero attached hydrogens (tertiary/aromatic N) is 1. The van der Waals surface area contributed by atoms with Gasteiger partial charge >= 0.3 is 0 Å². The zero-order valence-electron chi connectivity index (χ0n) is 9.50. The minimum Gasteiger partial charge on any atom is -0.375 e. The molecule has 0 spiro atoms. The van der Waals surface area contributed by atoms with Crippen LogP contribution in [0.25, 0.3) is 0 Å². The van der Waals surface area contributed by atoms with Crippen LogP contribution in [0.15, 0.2) is 17.2 Å². The Balaban J connectivity index is 2.36. The third-order valence-corrected chi connectivity index (χ3v) is 3.05. The Kier molecular flexibility index (Phi) is 2.92. The molecular weight excluding hydrogens is 218 g/mol. The molecule has 0 saturated heterocycles. The molecule has 0 heterocycles. The van der Waals surface area contributed by atoms with Crippen LogP contribution < -0.4 is 11.2 Å². The molecule has 4 heteroatoms. The lowest BCUT2D eigenvalue weighted by Gasteiger charge is -2.05. The zero-order valence-corrected chi connectivity index (χ0v) is 10.3.